The Hall–Kier alpha value is -2.79. The molecule has 5 N–H and O–H groups in total. The number of unbranched alkanes of at least 4 members (excludes halogenated alkanes) is 27. The van der Waals surface area contributed by atoms with Crippen LogP contribution in [0, 0.1) is 0 Å². The normalized spacial score (nSPS) is 17.8. The van der Waals surface area contributed by atoms with Crippen molar-refractivity contribution < 1.29 is 48.7 Å². The highest BCUT2D eigenvalue weighted by Crippen LogP contribution is 2.29. The van der Waals surface area contributed by atoms with Crippen LogP contribution in [0.15, 0.2) is 6.20 Å². The number of nitrogens with one attached hydrogen (secondary N) is 2. The summed E-state index contributed by atoms with van der Waals surface area (Å²) in [7, 11) is 0. The first-order valence-corrected chi connectivity index (χ1v) is 28.4. The third kappa shape index (κ3) is 29.4. The van der Waals surface area contributed by atoms with Crippen molar-refractivity contribution in [2.75, 3.05) is 30.0 Å². The first-order valence-electron chi connectivity index (χ1n) is 27.2. The van der Waals surface area contributed by atoms with E-state index >= 15 is 0 Å². The lowest BCUT2D eigenvalue weighted by atomic mass is 10.1. The van der Waals surface area contributed by atoms with Gasteiger partial charge in [0.15, 0.2) is 12.0 Å². The predicted octanol–water partition coefficient (Wildman–Crippen LogP) is 10.4. The zero-order chi connectivity index (χ0) is 49.5. The van der Waals surface area contributed by atoms with Crippen LogP contribution in [0.2, 0.25) is 0 Å². The molecule has 1 saturated heterocycles. The fraction of sp³-hybridized carbons (Fsp3) is 0.885. The Kier molecular flexibility index (Phi) is 36.9. The van der Waals surface area contributed by atoms with E-state index in [4.69, 9.17) is 14.2 Å². The van der Waals surface area contributed by atoms with E-state index in [0.29, 0.717) is 12.8 Å². The molecule has 0 spiro atoms. The summed E-state index contributed by atoms with van der Waals surface area (Å²) in [6, 6.07) is -1.00. The van der Waals surface area contributed by atoms with Crippen LogP contribution in [0.4, 0.5) is 5.82 Å². The molecule has 0 aliphatic carbocycles. The highest BCUT2D eigenvalue weighted by molar-refractivity contribution is 7.99. The molecular weight excluding hydrogens is 887 g/mol. The average Bonchev–Trinajstić information content (AvgIpc) is 3.91. The minimum Gasteiger partial charge on any atom is -0.462 e. The van der Waals surface area contributed by atoms with Gasteiger partial charge in [-0.1, -0.05) is 199 Å². The molecule has 2 amide bonds. The van der Waals surface area contributed by atoms with Gasteiger partial charge < -0.3 is 40.2 Å². The van der Waals surface area contributed by atoms with E-state index < -0.39 is 49.2 Å². The summed E-state index contributed by atoms with van der Waals surface area (Å²) in [6.07, 6.45) is 31.0. The second-order valence-electron chi connectivity index (χ2n) is 19.1. The summed E-state index contributed by atoms with van der Waals surface area (Å²) >= 11 is 1.31. The van der Waals surface area contributed by atoms with E-state index in [1.807, 2.05) is 0 Å². The number of aliphatic hydroxyl groups excluding tert-OH is 3. The maximum atomic E-state index is 13.8. The molecule has 1 fully saturated rings. The van der Waals surface area contributed by atoms with Crippen molar-refractivity contribution in [3.8, 4) is 0 Å². The molecule has 0 saturated carbocycles. The second kappa shape index (κ2) is 40.9. The van der Waals surface area contributed by atoms with E-state index in [0.717, 1.165) is 68.9 Å². The van der Waals surface area contributed by atoms with Crippen LogP contribution in [-0.4, -0.2) is 109 Å². The number of carbonyl (C=O) groups is 4. The number of rotatable bonds is 45. The molecule has 6 atom stereocenters. The topological polar surface area (TPSA) is 211 Å². The van der Waals surface area contributed by atoms with Gasteiger partial charge in [-0.3, -0.25) is 19.2 Å². The summed E-state index contributed by atoms with van der Waals surface area (Å²) in [4.78, 5) is 53.0. The Morgan fingerprint density at radius 3 is 1.57 bits per heavy atom. The number of nitrogens with zero attached hydrogens (tertiary/aromatic N) is 3. The minimum atomic E-state index is -1.39. The molecule has 2 rings (SSSR count). The van der Waals surface area contributed by atoms with Gasteiger partial charge in [-0.2, -0.15) is 11.8 Å². The monoisotopic (exact) mass is 982 g/mol. The SMILES string of the molecule is CCCCCCCCCCCCC(=O)N[C@H](CSC[C@@H](COC(=O)CCCCCCCCCCCC)OC(=O)CCCCCCCCCCCC)C(=O)Nc1cn([C@H]2OC(CO)[C@@H](O)[C@@H]2O)nn1. The van der Waals surface area contributed by atoms with Crippen LogP contribution in [-0.2, 0) is 33.4 Å². The van der Waals surface area contributed by atoms with E-state index in [2.05, 4.69) is 41.7 Å². The Labute approximate surface area is 414 Å². The van der Waals surface area contributed by atoms with Gasteiger partial charge in [0.1, 0.15) is 37.1 Å². The third-order valence-electron chi connectivity index (χ3n) is 12.7. The number of aromatic nitrogens is 3. The number of aliphatic hydroxyl groups is 3. The van der Waals surface area contributed by atoms with Crippen molar-refractivity contribution in [1.29, 1.82) is 0 Å². The Balaban J connectivity index is 2.00. The molecule has 0 bridgehead atoms. The predicted molar refractivity (Wildman–Crippen MR) is 271 cm³/mol. The first kappa shape index (κ1) is 61.3. The van der Waals surface area contributed by atoms with Gasteiger partial charge in [-0.15, -0.1) is 5.10 Å². The molecule has 16 heteroatoms. The molecule has 2 heterocycles. The van der Waals surface area contributed by atoms with Crippen LogP contribution < -0.4 is 10.6 Å². The lowest BCUT2D eigenvalue weighted by Gasteiger charge is -2.21. The van der Waals surface area contributed by atoms with E-state index in [9.17, 15) is 34.5 Å². The van der Waals surface area contributed by atoms with Crippen LogP contribution in [0.25, 0.3) is 0 Å². The average molecular weight is 982 g/mol. The summed E-state index contributed by atoms with van der Waals surface area (Å²) in [5.41, 5.74) is 0. The van der Waals surface area contributed by atoms with Gasteiger partial charge in [-0.25, -0.2) is 4.68 Å². The molecule has 1 aromatic heterocycles. The lowest BCUT2D eigenvalue weighted by Crippen LogP contribution is -2.45. The first-order chi connectivity index (χ1) is 33.1. The molecule has 1 unspecified atom stereocenters. The van der Waals surface area contributed by atoms with Gasteiger partial charge in [0.05, 0.1) is 12.8 Å². The number of anilines is 1. The van der Waals surface area contributed by atoms with E-state index in [1.165, 1.54) is 140 Å². The third-order valence-corrected chi connectivity index (χ3v) is 13.9. The number of thioether (sulfide) groups is 1. The molecule has 1 aromatic rings. The molecule has 0 aromatic carbocycles. The number of hydrogen-bond acceptors (Lipinski definition) is 13. The maximum Gasteiger partial charge on any atom is 0.306 e. The smallest absolute Gasteiger partial charge is 0.306 e. The van der Waals surface area contributed by atoms with Crippen LogP contribution in [0.5, 0.6) is 0 Å². The number of carbonyl (C=O) groups excluding carboxylic acids is 4. The maximum absolute atomic E-state index is 13.8. The molecule has 394 valence electrons. The van der Waals surface area contributed by atoms with Gasteiger partial charge in [0.2, 0.25) is 11.8 Å². The quantitative estimate of drug-likeness (QED) is 0.0305. The molecule has 68 heavy (non-hydrogen) atoms. The molecule has 1 aliphatic heterocycles. The van der Waals surface area contributed by atoms with Gasteiger partial charge in [-0.05, 0) is 19.3 Å². The Morgan fingerprint density at radius 1 is 0.647 bits per heavy atom. The van der Waals surface area contributed by atoms with Crippen molar-refractivity contribution in [2.24, 2.45) is 0 Å². The lowest BCUT2D eigenvalue weighted by molar-refractivity contribution is -0.157. The zero-order valence-electron chi connectivity index (χ0n) is 42.7. The number of ether oxygens (including phenoxy) is 3. The van der Waals surface area contributed by atoms with Crippen molar-refractivity contribution in [3.05, 3.63) is 6.20 Å². The summed E-state index contributed by atoms with van der Waals surface area (Å²) in [6.45, 7) is 6.06. The summed E-state index contributed by atoms with van der Waals surface area (Å²) < 4.78 is 18.3. The van der Waals surface area contributed by atoms with Crippen LogP contribution in [0.1, 0.15) is 239 Å². The zero-order valence-corrected chi connectivity index (χ0v) is 43.5. The van der Waals surface area contributed by atoms with Crippen molar-refractivity contribution in [2.45, 2.75) is 269 Å². The molecular formula is C52H95N5O10S. The fourth-order valence-corrected chi connectivity index (χ4v) is 9.48. The highest BCUT2D eigenvalue weighted by Gasteiger charge is 2.44. The highest BCUT2D eigenvalue weighted by atomic mass is 32.2. The van der Waals surface area contributed by atoms with Crippen molar-refractivity contribution >= 4 is 41.3 Å². The Morgan fingerprint density at radius 2 is 1.10 bits per heavy atom. The summed E-state index contributed by atoms with van der Waals surface area (Å²) in [5, 5.41) is 43.7. The minimum absolute atomic E-state index is 0.0276. The van der Waals surface area contributed by atoms with E-state index in [1.54, 1.807) is 0 Å². The van der Waals surface area contributed by atoms with Gasteiger partial charge in [0, 0.05) is 30.8 Å². The summed E-state index contributed by atoms with van der Waals surface area (Å²) in [5.74, 6) is -1.11. The molecule has 0 radical (unpaired) electrons. The van der Waals surface area contributed by atoms with Crippen LogP contribution in [0.3, 0.4) is 0 Å². The van der Waals surface area contributed by atoms with Crippen molar-refractivity contribution in [1.82, 2.24) is 20.3 Å². The van der Waals surface area contributed by atoms with Crippen molar-refractivity contribution in [3.63, 3.8) is 0 Å². The van der Waals surface area contributed by atoms with Gasteiger partial charge in [0.25, 0.3) is 0 Å². The van der Waals surface area contributed by atoms with E-state index in [-0.39, 0.29) is 54.6 Å². The number of amides is 2. The Bertz CT molecular complexity index is 1440. The molecule has 1 aliphatic rings. The number of hydrogen-bond donors (Lipinski definition) is 5. The van der Waals surface area contributed by atoms with Gasteiger partial charge >= 0.3 is 11.9 Å². The second-order valence-corrected chi connectivity index (χ2v) is 20.1. The fourth-order valence-electron chi connectivity index (χ4n) is 8.44. The number of esters is 2. The molecule has 15 nitrogen and oxygen atoms in total. The largest absolute Gasteiger partial charge is 0.462 e. The van der Waals surface area contributed by atoms with Crippen LogP contribution >= 0.6 is 11.8 Å². The standard InChI is InChI=1S/C52H95N5O10S/c1-4-7-10-13-16-19-22-25-28-31-34-46(59)53-43(51(64)54-45-37-57(56-55-45)52-50(63)49(62)44(38-58)67-52)41-68-40-42(66-48(61)36-33-30-27-24-21-18-15-12-9-6-3)39-65-47(60)35-32-29-26-23-20-17-14-11-8-5-2/h37,42-44,49-50,52,58,62-63H,4-36,38-41H2,1-3H3,(H,53,59)(H,54,64)/t42-,43-,44?,49-,50+,52+/m1/s1.